The highest BCUT2D eigenvalue weighted by Crippen LogP contribution is 2.35. The third-order valence-electron chi connectivity index (χ3n) is 2.34. The molecule has 5 nitrogen and oxygen atoms in total. The number of fused-ring (bicyclic) bond motifs is 1. The molecule has 2 saturated heterocycles. The Labute approximate surface area is 68.9 Å². The summed E-state index contributed by atoms with van der Waals surface area (Å²) in [4.78, 5) is 10.8. The van der Waals surface area contributed by atoms with Crippen LogP contribution >= 0.6 is 0 Å². The molecule has 0 aromatic carbocycles. The molecule has 4 unspecified atom stereocenters. The molecule has 0 aromatic rings. The molecular weight excluding hydrogens is 164 g/mol. The summed E-state index contributed by atoms with van der Waals surface area (Å²) in [6, 6.07) is 0. The molecule has 0 saturated carbocycles. The van der Waals surface area contributed by atoms with E-state index in [1.807, 2.05) is 0 Å². The topological polar surface area (TPSA) is 76.0 Å². The first-order valence-corrected chi connectivity index (χ1v) is 3.86. The van der Waals surface area contributed by atoms with Crippen LogP contribution in [0.4, 0.5) is 0 Å². The van der Waals surface area contributed by atoms with E-state index in [2.05, 4.69) is 0 Å². The standard InChI is InChI=1S/C7H10O5/c8-2-4-3-1-5(9)12-6(3)7(10)11-4/h3-4,6-8,10H,1-2H2. The summed E-state index contributed by atoms with van der Waals surface area (Å²) < 4.78 is 9.76. The van der Waals surface area contributed by atoms with Crippen molar-refractivity contribution in [3.05, 3.63) is 0 Å². The Hall–Kier alpha value is -0.650. The average molecular weight is 174 g/mol. The highest BCUT2D eigenvalue weighted by Gasteiger charge is 2.51. The van der Waals surface area contributed by atoms with Gasteiger partial charge in [-0.3, -0.25) is 4.79 Å². The summed E-state index contributed by atoms with van der Waals surface area (Å²) in [6.07, 6.45) is -1.88. The van der Waals surface area contributed by atoms with Gasteiger partial charge in [-0.25, -0.2) is 0 Å². The summed E-state index contributed by atoms with van der Waals surface area (Å²) in [5.41, 5.74) is 0. The van der Waals surface area contributed by atoms with E-state index in [4.69, 9.17) is 14.6 Å². The maximum Gasteiger partial charge on any atom is 0.306 e. The van der Waals surface area contributed by atoms with E-state index in [9.17, 15) is 9.90 Å². The summed E-state index contributed by atoms with van der Waals surface area (Å²) >= 11 is 0. The Morgan fingerprint density at radius 2 is 2.33 bits per heavy atom. The van der Waals surface area contributed by atoms with Gasteiger partial charge in [0.1, 0.15) is 0 Å². The van der Waals surface area contributed by atoms with Gasteiger partial charge in [-0.05, 0) is 0 Å². The number of hydrogen-bond acceptors (Lipinski definition) is 5. The number of aliphatic hydroxyl groups is 2. The van der Waals surface area contributed by atoms with Crippen LogP contribution in [0.3, 0.4) is 0 Å². The SMILES string of the molecule is O=C1CC2C(CO)OC(O)C2O1. The van der Waals surface area contributed by atoms with Crippen LogP contribution in [0.25, 0.3) is 0 Å². The fourth-order valence-electron chi connectivity index (χ4n) is 1.74. The van der Waals surface area contributed by atoms with Crippen molar-refractivity contribution in [2.24, 2.45) is 5.92 Å². The molecule has 0 aromatic heterocycles. The monoisotopic (exact) mass is 174 g/mol. The molecule has 2 aliphatic heterocycles. The molecule has 0 aliphatic carbocycles. The van der Waals surface area contributed by atoms with Crippen LogP contribution in [0.15, 0.2) is 0 Å². The Balaban J connectivity index is 2.13. The van der Waals surface area contributed by atoms with Crippen molar-refractivity contribution in [2.45, 2.75) is 24.9 Å². The Bertz CT molecular complexity index is 204. The number of carbonyl (C=O) groups is 1. The lowest BCUT2D eigenvalue weighted by Crippen LogP contribution is -2.24. The van der Waals surface area contributed by atoms with Gasteiger partial charge in [0.15, 0.2) is 12.4 Å². The van der Waals surface area contributed by atoms with Crippen LogP contribution < -0.4 is 0 Å². The summed E-state index contributed by atoms with van der Waals surface area (Å²) in [5.74, 6) is -0.511. The smallest absolute Gasteiger partial charge is 0.306 e. The number of esters is 1. The molecule has 0 spiro atoms. The number of rotatable bonds is 1. The molecule has 0 radical (unpaired) electrons. The lowest BCUT2D eigenvalue weighted by Gasteiger charge is -2.09. The molecule has 2 heterocycles. The summed E-state index contributed by atoms with van der Waals surface area (Å²) in [6.45, 7) is -0.186. The third kappa shape index (κ3) is 1.01. The van der Waals surface area contributed by atoms with Gasteiger partial charge >= 0.3 is 5.97 Å². The molecule has 0 bridgehead atoms. The van der Waals surface area contributed by atoms with Gasteiger partial charge in [0.05, 0.1) is 19.1 Å². The van der Waals surface area contributed by atoms with Crippen molar-refractivity contribution in [3.63, 3.8) is 0 Å². The van der Waals surface area contributed by atoms with E-state index >= 15 is 0 Å². The fraction of sp³-hybridized carbons (Fsp3) is 0.857. The van der Waals surface area contributed by atoms with Crippen molar-refractivity contribution in [1.82, 2.24) is 0 Å². The van der Waals surface area contributed by atoms with Crippen LogP contribution in [0.1, 0.15) is 6.42 Å². The maximum atomic E-state index is 10.8. The second-order valence-corrected chi connectivity index (χ2v) is 3.07. The molecule has 2 rings (SSSR count). The van der Waals surface area contributed by atoms with Crippen LogP contribution in [0, 0.1) is 5.92 Å². The van der Waals surface area contributed by atoms with Gasteiger partial charge in [0.2, 0.25) is 0 Å². The molecule has 12 heavy (non-hydrogen) atoms. The van der Waals surface area contributed by atoms with Crippen molar-refractivity contribution in [2.75, 3.05) is 6.61 Å². The number of aliphatic hydroxyl groups excluding tert-OH is 2. The van der Waals surface area contributed by atoms with E-state index in [1.165, 1.54) is 0 Å². The zero-order valence-corrected chi connectivity index (χ0v) is 6.34. The van der Waals surface area contributed by atoms with Gasteiger partial charge in [0.25, 0.3) is 0 Å². The van der Waals surface area contributed by atoms with Crippen LogP contribution in [0.5, 0.6) is 0 Å². The van der Waals surface area contributed by atoms with Gasteiger partial charge in [-0.2, -0.15) is 0 Å². The van der Waals surface area contributed by atoms with E-state index in [-0.39, 0.29) is 24.9 Å². The lowest BCUT2D eigenvalue weighted by molar-refractivity contribution is -0.166. The molecule has 2 aliphatic rings. The molecule has 68 valence electrons. The first kappa shape index (κ1) is 7.97. The first-order valence-electron chi connectivity index (χ1n) is 3.86. The molecular formula is C7H10O5. The van der Waals surface area contributed by atoms with Crippen molar-refractivity contribution in [3.8, 4) is 0 Å². The summed E-state index contributed by atoms with van der Waals surface area (Å²) in [5, 5.41) is 18.0. The highest BCUT2D eigenvalue weighted by molar-refractivity contribution is 5.72. The normalized spacial score (nSPS) is 46.0. The molecule has 0 amide bonds. The zero-order valence-electron chi connectivity index (χ0n) is 6.34. The van der Waals surface area contributed by atoms with Gasteiger partial charge in [0, 0.05) is 5.92 Å². The average Bonchev–Trinajstić information content (AvgIpc) is 2.52. The Morgan fingerprint density at radius 1 is 1.58 bits per heavy atom. The predicted molar refractivity (Wildman–Crippen MR) is 36.0 cm³/mol. The van der Waals surface area contributed by atoms with Crippen molar-refractivity contribution in [1.29, 1.82) is 0 Å². The first-order chi connectivity index (χ1) is 5.72. The van der Waals surface area contributed by atoms with Crippen molar-refractivity contribution < 1.29 is 24.5 Å². The largest absolute Gasteiger partial charge is 0.457 e. The van der Waals surface area contributed by atoms with E-state index in [0.29, 0.717) is 0 Å². The number of ether oxygens (including phenoxy) is 2. The van der Waals surface area contributed by atoms with E-state index in [1.54, 1.807) is 0 Å². The van der Waals surface area contributed by atoms with Crippen LogP contribution in [0.2, 0.25) is 0 Å². The zero-order chi connectivity index (χ0) is 8.72. The molecule has 2 fully saturated rings. The number of hydrogen-bond donors (Lipinski definition) is 2. The Morgan fingerprint density at radius 3 is 3.00 bits per heavy atom. The second kappa shape index (κ2) is 2.69. The van der Waals surface area contributed by atoms with E-state index in [0.717, 1.165) is 0 Å². The summed E-state index contributed by atoms with van der Waals surface area (Å²) in [7, 11) is 0. The minimum atomic E-state index is -1.07. The minimum Gasteiger partial charge on any atom is -0.457 e. The molecule has 4 atom stereocenters. The second-order valence-electron chi connectivity index (χ2n) is 3.07. The number of carbonyl (C=O) groups excluding carboxylic acids is 1. The minimum absolute atomic E-state index is 0.183. The maximum absolute atomic E-state index is 10.8. The van der Waals surface area contributed by atoms with Gasteiger partial charge in [-0.15, -0.1) is 0 Å². The lowest BCUT2D eigenvalue weighted by atomic mass is 9.98. The van der Waals surface area contributed by atoms with Gasteiger partial charge < -0.3 is 19.7 Å². The van der Waals surface area contributed by atoms with Crippen molar-refractivity contribution >= 4 is 5.97 Å². The van der Waals surface area contributed by atoms with Crippen LogP contribution in [-0.4, -0.2) is 41.3 Å². The van der Waals surface area contributed by atoms with E-state index < -0.39 is 18.5 Å². The molecule has 5 heteroatoms. The predicted octanol–water partition coefficient (Wildman–Crippen LogP) is -1.37. The fourth-order valence-corrected chi connectivity index (χ4v) is 1.74. The molecule has 2 N–H and O–H groups in total. The quantitative estimate of drug-likeness (QED) is 0.479. The van der Waals surface area contributed by atoms with Gasteiger partial charge in [-0.1, -0.05) is 0 Å². The van der Waals surface area contributed by atoms with Crippen LogP contribution in [-0.2, 0) is 14.3 Å². The Kier molecular flexibility index (Phi) is 1.79. The highest BCUT2D eigenvalue weighted by atomic mass is 16.7. The third-order valence-corrected chi connectivity index (χ3v) is 2.34.